The number of carbonyl (C=O) groups is 3. The van der Waals surface area contributed by atoms with Crippen LogP contribution in [0.4, 0.5) is 5.82 Å². The molecule has 3 heterocycles. The Morgan fingerprint density at radius 3 is 2.23 bits per heavy atom. The number of piperazine rings is 1. The average Bonchev–Trinajstić information content (AvgIpc) is 3.13. The van der Waals surface area contributed by atoms with Crippen molar-refractivity contribution in [1.82, 2.24) is 20.0 Å². The maximum absolute atomic E-state index is 13.2. The summed E-state index contributed by atoms with van der Waals surface area (Å²) in [5, 5.41) is 8.75. The van der Waals surface area contributed by atoms with Crippen LogP contribution in [-0.4, -0.2) is 70.4 Å². The molecule has 0 N–H and O–H groups in total. The lowest BCUT2D eigenvalue weighted by molar-refractivity contribution is 0.0635. The Morgan fingerprint density at radius 1 is 0.857 bits per heavy atom. The normalized spacial score (nSPS) is 15.7. The fourth-order valence-corrected chi connectivity index (χ4v) is 4.53. The molecule has 1 saturated heterocycles. The van der Waals surface area contributed by atoms with Crippen LogP contribution in [0.1, 0.15) is 44.9 Å². The Hall–Kier alpha value is -4.07. The van der Waals surface area contributed by atoms with Crippen LogP contribution < -0.4 is 4.90 Å². The van der Waals surface area contributed by atoms with Crippen molar-refractivity contribution in [3.8, 4) is 11.3 Å². The molecule has 178 valence electrons. The molecule has 5 rings (SSSR count). The number of aromatic nitrogens is 2. The second kappa shape index (κ2) is 9.29. The third-order valence-corrected chi connectivity index (χ3v) is 6.38. The average molecular weight is 470 g/mol. The number of carbonyl (C=O) groups excluding carboxylic acids is 3. The van der Waals surface area contributed by atoms with E-state index in [1.807, 2.05) is 56.3 Å². The van der Waals surface area contributed by atoms with Gasteiger partial charge in [-0.2, -0.15) is 0 Å². The molecular formula is C27H27N5O3. The molecule has 2 aliphatic rings. The van der Waals surface area contributed by atoms with Gasteiger partial charge in [0.2, 0.25) is 0 Å². The van der Waals surface area contributed by atoms with Crippen molar-refractivity contribution in [2.45, 2.75) is 13.8 Å². The molecule has 0 bridgehead atoms. The van der Waals surface area contributed by atoms with Crippen LogP contribution in [0.2, 0.25) is 0 Å². The zero-order chi connectivity index (χ0) is 24.5. The molecule has 0 radical (unpaired) electrons. The molecule has 0 aliphatic carbocycles. The van der Waals surface area contributed by atoms with Gasteiger partial charge in [-0.3, -0.25) is 19.3 Å². The maximum Gasteiger partial charge on any atom is 0.261 e. The van der Waals surface area contributed by atoms with Crippen LogP contribution in [0.15, 0.2) is 60.7 Å². The highest BCUT2D eigenvalue weighted by atomic mass is 16.2. The lowest BCUT2D eigenvalue weighted by atomic mass is 10.0. The first-order valence-electron chi connectivity index (χ1n) is 11.9. The quantitative estimate of drug-likeness (QED) is 0.533. The van der Waals surface area contributed by atoms with Crippen molar-refractivity contribution in [1.29, 1.82) is 0 Å². The number of hydrogen-bond acceptors (Lipinski definition) is 6. The number of fused-ring (bicyclic) bond motifs is 1. The van der Waals surface area contributed by atoms with E-state index in [9.17, 15) is 14.4 Å². The number of amides is 3. The van der Waals surface area contributed by atoms with E-state index in [0.29, 0.717) is 49.4 Å². The van der Waals surface area contributed by atoms with E-state index in [2.05, 4.69) is 15.1 Å². The number of nitrogens with zero attached hydrogens (tertiary/aromatic N) is 5. The first kappa shape index (κ1) is 22.7. The van der Waals surface area contributed by atoms with E-state index in [-0.39, 0.29) is 23.6 Å². The van der Waals surface area contributed by atoms with Crippen molar-refractivity contribution < 1.29 is 14.4 Å². The van der Waals surface area contributed by atoms with E-state index in [1.165, 1.54) is 4.90 Å². The molecule has 0 spiro atoms. The number of anilines is 1. The monoisotopic (exact) mass is 469 g/mol. The van der Waals surface area contributed by atoms with Crippen molar-refractivity contribution in [3.05, 3.63) is 77.4 Å². The Labute approximate surface area is 204 Å². The molecule has 0 unspecified atom stereocenters. The van der Waals surface area contributed by atoms with Gasteiger partial charge in [0.15, 0.2) is 5.82 Å². The SMILES string of the molecule is CC(C)CN1C(=O)c2ccc(C(=O)N3CCN(c4ccc(-c5ccccc5)nn4)CC3)cc2C1=O. The summed E-state index contributed by atoms with van der Waals surface area (Å²) in [7, 11) is 0. The first-order chi connectivity index (χ1) is 16.9. The van der Waals surface area contributed by atoms with Crippen LogP contribution in [0.5, 0.6) is 0 Å². The minimum Gasteiger partial charge on any atom is -0.352 e. The molecule has 35 heavy (non-hydrogen) atoms. The highest BCUT2D eigenvalue weighted by Gasteiger charge is 2.36. The minimum absolute atomic E-state index is 0.138. The van der Waals surface area contributed by atoms with E-state index >= 15 is 0 Å². The van der Waals surface area contributed by atoms with Crippen LogP contribution >= 0.6 is 0 Å². The van der Waals surface area contributed by atoms with Gasteiger partial charge < -0.3 is 9.80 Å². The van der Waals surface area contributed by atoms with E-state index < -0.39 is 0 Å². The van der Waals surface area contributed by atoms with Gasteiger partial charge >= 0.3 is 0 Å². The molecule has 2 aromatic carbocycles. The van der Waals surface area contributed by atoms with E-state index in [4.69, 9.17) is 0 Å². The van der Waals surface area contributed by atoms with Gasteiger partial charge in [-0.1, -0.05) is 44.2 Å². The van der Waals surface area contributed by atoms with Gasteiger partial charge in [0.05, 0.1) is 16.8 Å². The predicted molar refractivity (Wildman–Crippen MR) is 132 cm³/mol. The number of rotatable bonds is 5. The van der Waals surface area contributed by atoms with Crippen molar-refractivity contribution in [3.63, 3.8) is 0 Å². The van der Waals surface area contributed by atoms with Crippen molar-refractivity contribution in [2.24, 2.45) is 5.92 Å². The zero-order valence-electron chi connectivity index (χ0n) is 19.8. The van der Waals surface area contributed by atoms with Gasteiger partial charge in [0.1, 0.15) is 0 Å². The van der Waals surface area contributed by atoms with Gasteiger partial charge in [0.25, 0.3) is 17.7 Å². The van der Waals surface area contributed by atoms with Gasteiger partial charge in [0, 0.05) is 43.9 Å². The topological polar surface area (TPSA) is 86.7 Å². The maximum atomic E-state index is 13.2. The number of imide groups is 1. The first-order valence-corrected chi connectivity index (χ1v) is 11.9. The molecule has 0 saturated carbocycles. The largest absolute Gasteiger partial charge is 0.352 e. The summed E-state index contributed by atoms with van der Waals surface area (Å²) in [6, 6.07) is 18.6. The van der Waals surface area contributed by atoms with Crippen LogP contribution in [-0.2, 0) is 0 Å². The number of benzene rings is 2. The lowest BCUT2D eigenvalue weighted by Gasteiger charge is -2.35. The second-order valence-electron chi connectivity index (χ2n) is 9.30. The molecule has 3 amide bonds. The lowest BCUT2D eigenvalue weighted by Crippen LogP contribution is -2.49. The predicted octanol–water partition coefficient (Wildman–Crippen LogP) is 3.36. The van der Waals surface area contributed by atoms with Crippen molar-refractivity contribution >= 4 is 23.5 Å². The Morgan fingerprint density at radius 2 is 1.57 bits per heavy atom. The van der Waals surface area contributed by atoms with Crippen LogP contribution in [0.25, 0.3) is 11.3 Å². The zero-order valence-corrected chi connectivity index (χ0v) is 19.8. The summed E-state index contributed by atoms with van der Waals surface area (Å²) in [4.78, 5) is 43.7. The summed E-state index contributed by atoms with van der Waals surface area (Å²) in [5.41, 5.74) is 2.95. The fraction of sp³-hybridized carbons (Fsp3) is 0.296. The van der Waals surface area contributed by atoms with E-state index in [0.717, 1.165) is 17.1 Å². The van der Waals surface area contributed by atoms with Gasteiger partial charge in [-0.25, -0.2) is 0 Å². The Balaban J connectivity index is 1.24. The van der Waals surface area contributed by atoms with Crippen molar-refractivity contribution in [2.75, 3.05) is 37.6 Å². The van der Waals surface area contributed by atoms with E-state index in [1.54, 1.807) is 23.1 Å². The number of hydrogen-bond donors (Lipinski definition) is 0. The molecule has 8 nitrogen and oxygen atoms in total. The highest BCUT2D eigenvalue weighted by Crippen LogP contribution is 2.26. The molecule has 1 fully saturated rings. The highest BCUT2D eigenvalue weighted by molar-refractivity contribution is 6.22. The summed E-state index contributed by atoms with van der Waals surface area (Å²) in [6.07, 6.45) is 0. The second-order valence-corrected chi connectivity index (χ2v) is 9.30. The standard InChI is InChI=1S/C27H27N5O3/c1-18(2)17-32-26(34)21-9-8-20(16-22(21)27(32)35)25(33)31-14-12-30(13-15-31)24-11-10-23(28-29-24)19-6-4-3-5-7-19/h3-11,16,18H,12-15,17H2,1-2H3. The molecule has 1 aromatic heterocycles. The van der Waals surface area contributed by atoms with Gasteiger partial charge in [-0.15, -0.1) is 10.2 Å². The molecule has 0 atom stereocenters. The minimum atomic E-state index is -0.323. The smallest absolute Gasteiger partial charge is 0.261 e. The van der Waals surface area contributed by atoms with Crippen LogP contribution in [0.3, 0.4) is 0 Å². The Bertz CT molecular complexity index is 1270. The van der Waals surface area contributed by atoms with Crippen LogP contribution in [0, 0.1) is 5.92 Å². The molecule has 3 aromatic rings. The summed E-state index contributed by atoms with van der Waals surface area (Å²) >= 11 is 0. The molecular weight excluding hydrogens is 442 g/mol. The molecule has 2 aliphatic heterocycles. The molecule has 8 heteroatoms. The van der Waals surface area contributed by atoms with Gasteiger partial charge in [-0.05, 0) is 36.2 Å². The fourth-order valence-electron chi connectivity index (χ4n) is 4.53. The Kier molecular flexibility index (Phi) is 6.03. The summed E-state index contributed by atoms with van der Waals surface area (Å²) in [6.45, 7) is 6.62. The summed E-state index contributed by atoms with van der Waals surface area (Å²) in [5.74, 6) is 0.208. The third-order valence-electron chi connectivity index (χ3n) is 6.38. The summed E-state index contributed by atoms with van der Waals surface area (Å²) < 4.78 is 0. The third kappa shape index (κ3) is 4.39.